The van der Waals surface area contributed by atoms with Crippen molar-refractivity contribution in [1.29, 1.82) is 0 Å². The van der Waals surface area contributed by atoms with Gasteiger partial charge in [0.25, 0.3) is 0 Å². The monoisotopic (exact) mass is 432 g/mol. The molecule has 31 heavy (non-hydrogen) atoms. The van der Waals surface area contributed by atoms with Gasteiger partial charge in [-0.1, -0.05) is 30.3 Å². The van der Waals surface area contributed by atoms with E-state index >= 15 is 0 Å². The Kier molecular flexibility index (Phi) is 6.00. The molecule has 0 saturated carbocycles. The van der Waals surface area contributed by atoms with Gasteiger partial charge in [0.1, 0.15) is 24.4 Å². The van der Waals surface area contributed by atoms with Gasteiger partial charge in [-0.05, 0) is 53.2 Å². The normalized spacial score (nSPS) is 33.8. The highest BCUT2D eigenvalue weighted by Crippen LogP contribution is 2.44. The number of ether oxygens (including phenoxy) is 6. The molecule has 0 amide bonds. The third kappa shape index (κ3) is 5.02. The van der Waals surface area contributed by atoms with Crippen molar-refractivity contribution in [2.45, 2.75) is 96.3 Å². The average molecular weight is 433 g/mol. The first-order valence-corrected chi connectivity index (χ1v) is 10.9. The molecule has 0 bridgehead atoms. The summed E-state index contributed by atoms with van der Waals surface area (Å²) in [5, 5.41) is 0. The van der Waals surface area contributed by atoms with E-state index in [1.54, 1.807) is 6.08 Å². The van der Waals surface area contributed by atoms with E-state index in [1.807, 2.05) is 71.9 Å². The summed E-state index contributed by atoms with van der Waals surface area (Å²) in [4.78, 5) is 12.9. The minimum Gasteiger partial charge on any atom is -0.460 e. The molecule has 0 unspecified atom stereocenters. The lowest BCUT2D eigenvalue weighted by Crippen LogP contribution is -2.54. The summed E-state index contributed by atoms with van der Waals surface area (Å²) in [7, 11) is 0. The zero-order valence-corrected chi connectivity index (χ0v) is 19.0. The van der Waals surface area contributed by atoms with Crippen LogP contribution in [0.2, 0.25) is 0 Å². The first-order chi connectivity index (χ1) is 14.5. The van der Waals surface area contributed by atoms with E-state index in [2.05, 4.69) is 0 Å². The van der Waals surface area contributed by atoms with Gasteiger partial charge in [-0.3, -0.25) is 0 Å². The van der Waals surface area contributed by atoms with Crippen LogP contribution in [-0.4, -0.2) is 54.4 Å². The lowest BCUT2D eigenvalue weighted by atomic mass is 9.95. The maximum Gasteiger partial charge on any atom is 0.334 e. The number of esters is 1. The Morgan fingerprint density at radius 2 is 1.58 bits per heavy atom. The van der Waals surface area contributed by atoms with Gasteiger partial charge in [0.2, 0.25) is 0 Å². The summed E-state index contributed by atoms with van der Waals surface area (Å²) in [6.45, 7) is 11.1. The lowest BCUT2D eigenvalue weighted by molar-refractivity contribution is -0.222. The van der Waals surface area contributed by atoms with E-state index in [-0.39, 0.29) is 18.2 Å². The third-order valence-corrected chi connectivity index (χ3v) is 5.40. The van der Waals surface area contributed by atoms with Gasteiger partial charge < -0.3 is 28.4 Å². The van der Waals surface area contributed by atoms with Gasteiger partial charge in [-0.15, -0.1) is 0 Å². The molecular formula is C24H32O7. The standard InChI is InChI=1S/C24H32O7/c1-14(2)26-21(25)16(12-15-10-8-7-9-11-15)13-17-18-19(29-23(3,4)28-18)20-22(27-17)31-24(5,6)30-20/h7-11,13-14,17-20,22H,12H2,1-6H3/b16-13+/t17-,18+,19+,20-,22-/m1/s1. The molecule has 1 aromatic carbocycles. The highest BCUT2D eigenvalue weighted by Gasteiger charge is 2.60. The quantitative estimate of drug-likeness (QED) is 0.521. The number of carbonyl (C=O) groups excluding carboxylic acids is 1. The van der Waals surface area contributed by atoms with Crippen LogP contribution in [-0.2, 0) is 39.6 Å². The fourth-order valence-electron chi connectivity index (χ4n) is 4.28. The Morgan fingerprint density at radius 1 is 0.968 bits per heavy atom. The van der Waals surface area contributed by atoms with Gasteiger partial charge in [0.05, 0.1) is 6.10 Å². The maximum atomic E-state index is 12.9. The van der Waals surface area contributed by atoms with Crippen LogP contribution >= 0.6 is 0 Å². The first kappa shape index (κ1) is 22.4. The molecule has 3 saturated heterocycles. The largest absolute Gasteiger partial charge is 0.460 e. The molecular weight excluding hydrogens is 400 g/mol. The van der Waals surface area contributed by atoms with Crippen LogP contribution in [0.5, 0.6) is 0 Å². The van der Waals surface area contributed by atoms with E-state index in [1.165, 1.54) is 0 Å². The second-order valence-electron chi connectivity index (χ2n) is 9.44. The van der Waals surface area contributed by atoms with E-state index < -0.39 is 36.2 Å². The predicted octanol–water partition coefficient (Wildman–Crippen LogP) is 3.50. The molecule has 0 aliphatic carbocycles. The number of rotatable bonds is 5. The Morgan fingerprint density at radius 3 is 2.26 bits per heavy atom. The second kappa shape index (κ2) is 8.30. The SMILES string of the molecule is CC(C)OC(=O)/C(=C/[C@H]1O[C@@H]2OC(C)(C)O[C@@H]2[C@H]2OC(C)(C)O[C@H]21)Cc1ccccc1. The number of hydrogen-bond acceptors (Lipinski definition) is 7. The van der Waals surface area contributed by atoms with Gasteiger partial charge in [-0.25, -0.2) is 4.79 Å². The van der Waals surface area contributed by atoms with Crippen molar-refractivity contribution in [2.75, 3.05) is 0 Å². The molecule has 5 atom stereocenters. The van der Waals surface area contributed by atoms with Gasteiger partial charge >= 0.3 is 5.97 Å². The highest BCUT2D eigenvalue weighted by molar-refractivity contribution is 5.89. The molecule has 1 aromatic rings. The van der Waals surface area contributed by atoms with Gasteiger partial charge in [0, 0.05) is 12.0 Å². The minimum atomic E-state index is -0.798. The van der Waals surface area contributed by atoms with Crippen molar-refractivity contribution >= 4 is 5.97 Å². The molecule has 0 radical (unpaired) electrons. The minimum absolute atomic E-state index is 0.228. The van der Waals surface area contributed by atoms with Crippen molar-refractivity contribution in [3.05, 3.63) is 47.5 Å². The molecule has 4 rings (SSSR count). The van der Waals surface area contributed by atoms with Crippen LogP contribution in [0.4, 0.5) is 0 Å². The fourth-order valence-corrected chi connectivity index (χ4v) is 4.28. The van der Waals surface area contributed by atoms with Gasteiger partial charge in [-0.2, -0.15) is 0 Å². The van der Waals surface area contributed by atoms with Crippen molar-refractivity contribution in [3.63, 3.8) is 0 Å². The van der Waals surface area contributed by atoms with Crippen LogP contribution in [0.1, 0.15) is 47.1 Å². The molecule has 7 heteroatoms. The zero-order chi connectivity index (χ0) is 22.4. The predicted molar refractivity (Wildman–Crippen MR) is 112 cm³/mol. The molecule has 3 aliphatic heterocycles. The van der Waals surface area contributed by atoms with E-state index in [0.717, 1.165) is 5.56 Å². The topological polar surface area (TPSA) is 72.5 Å². The van der Waals surface area contributed by atoms with Crippen molar-refractivity contribution in [3.8, 4) is 0 Å². The molecule has 0 aromatic heterocycles. The zero-order valence-electron chi connectivity index (χ0n) is 19.0. The molecule has 0 spiro atoms. The maximum absolute atomic E-state index is 12.9. The summed E-state index contributed by atoms with van der Waals surface area (Å²) in [5.74, 6) is -1.96. The molecule has 3 fully saturated rings. The van der Waals surface area contributed by atoms with Gasteiger partial charge in [0.15, 0.2) is 17.9 Å². The second-order valence-corrected chi connectivity index (χ2v) is 9.44. The Bertz CT molecular complexity index is 830. The fraction of sp³-hybridized carbons (Fsp3) is 0.625. The summed E-state index contributed by atoms with van der Waals surface area (Å²) in [5.41, 5.74) is 1.51. The van der Waals surface area contributed by atoms with Crippen molar-refractivity contribution in [2.24, 2.45) is 0 Å². The number of benzene rings is 1. The molecule has 0 N–H and O–H groups in total. The highest BCUT2D eigenvalue weighted by atomic mass is 16.9. The number of fused-ring (bicyclic) bond motifs is 3. The third-order valence-electron chi connectivity index (χ3n) is 5.40. The molecule has 3 heterocycles. The van der Waals surface area contributed by atoms with Crippen LogP contribution in [0.3, 0.4) is 0 Å². The smallest absolute Gasteiger partial charge is 0.334 e. The van der Waals surface area contributed by atoms with Crippen molar-refractivity contribution < 1.29 is 33.2 Å². The van der Waals surface area contributed by atoms with Crippen LogP contribution in [0.25, 0.3) is 0 Å². The number of hydrogen-bond donors (Lipinski definition) is 0. The average Bonchev–Trinajstić information content (AvgIpc) is 3.15. The lowest BCUT2D eigenvalue weighted by Gasteiger charge is -2.36. The summed E-state index contributed by atoms with van der Waals surface area (Å²) in [6, 6.07) is 9.79. The van der Waals surface area contributed by atoms with Crippen LogP contribution < -0.4 is 0 Å². The molecule has 3 aliphatic rings. The van der Waals surface area contributed by atoms with E-state index in [0.29, 0.717) is 12.0 Å². The van der Waals surface area contributed by atoms with Crippen molar-refractivity contribution in [1.82, 2.24) is 0 Å². The first-order valence-electron chi connectivity index (χ1n) is 10.9. The molecule has 170 valence electrons. The molecule has 7 nitrogen and oxygen atoms in total. The summed E-state index contributed by atoms with van der Waals surface area (Å²) < 4.78 is 36.1. The van der Waals surface area contributed by atoms with Crippen LogP contribution in [0.15, 0.2) is 42.0 Å². The van der Waals surface area contributed by atoms with Crippen LogP contribution in [0, 0.1) is 0 Å². The Hall–Kier alpha value is -1.77. The Labute approximate surface area is 183 Å². The summed E-state index contributed by atoms with van der Waals surface area (Å²) >= 11 is 0. The Balaban J connectivity index is 1.65. The van der Waals surface area contributed by atoms with E-state index in [9.17, 15) is 4.79 Å². The number of carbonyl (C=O) groups is 1. The summed E-state index contributed by atoms with van der Waals surface area (Å²) in [6.07, 6.45) is -0.407. The van der Waals surface area contributed by atoms with E-state index in [4.69, 9.17) is 28.4 Å².